The Morgan fingerprint density at radius 3 is 2.59 bits per heavy atom. The van der Waals surface area contributed by atoms with E-state index >= 15 is 0 Å². The molecule has 5 nitrogen and oxygen atoms in total. The molecule has 1 saturated carbocycles. The summed E-state index contributed by atoms with van der Waals surface area (Å²) < 4.78 is 24.6. The Balaban J connectivity index is 1.57. The van der Waals surface area contributed by atoms with Gasteiger partial charge in [-0.25, -0.2) is 4.39 Å². The summed E-state index contributed by atoms with van der Waals surface area (Å²) in [5, 5.41) is 22.2. The van der Waals surface area contributed by atoms with Gasteiger partial charge >= 0.3 is 0 Å². The van der Waals surface area contributed by atoms with Crippen molar-refractivity contribution in [3.63, 3.8) is 0 Å². The van der Waals surface area contributed by atoms with Gasteiger partial charge in [-0.05, 0) is 49.1 Å². The van der Waals surface area contributed by atoms with E-state index in [0.29, 0.717) is 37.9 Å². The molecule has 2 aliphatic rings. The van der Waals surface area contributed by atoms with E-state index in [9.17, 15) is 14.6 Å². The van der Waals surface area contributed by atoms with Crippen LogP contribution in [0.4, 0.5) is 4.39 Å². The molecule has 29 heavy (non-hydrogen) atoms. The summed E-state index contributed by atoms with van der Waals surface area (Å²) in [5.74, 6) is 0.640. The molecule has 1 aliphatic carbocycles. The van der Waals surface area contributed by atoms with Crippen LogP contribution in [0.3, 0.4) is 0 Å². The first-order valence-electron chi connectivity index (χ1n) is 10.7. The number of benzene rings is 1. The second-order valence-corrected chi connectivity index (χ2v) is 10.1. The SMILES string of the molecule is CC(C)(C)C1CCC(O)(CN2CCOC[C@](O)(COc3cccc(F)c3)C2)CC1. The first kappa shape index (κ1) is 22.5. The zero-order chi connectivity index (χ0) is 21.1. The van der Waals surface area contributed by atoms with E-state index in [4.69, 9.17) is 9.47 Å². The molecule has 1 aromatic carbocycles. The molecule has 2 fully saturated rings. The predicted octanol–water partition coefficient (Wildman–Crippen LogP) is 3.24. The molecule has 0 radical (unpaired) electrons. The van der Waals surface area contributed by atoms with Crippen LogP contribution in [0.25, 0.3) is 0 Å². The minimum atomic E-state index is -1.21. The van der Waals surface area contributed by atoms with Gasteiger partial charge in [0.05, 0.1) is 18.8 Å². The van der Waals surface area contributed by atoms with E-state index in [1.165, 1.54) is 12.1 Å². The van der Waals surface area contributed by atoms with Gasteiger partial charge in [-0.15, -0.1) is 0 Å². The maximum atomic E-state index is 13.4. The smallest absolute Gasteiger partial charge is 0.134 e. The van der Waals surface area contributed by atoms with Crippen LogP contribution in [0, 0.1) is 17.2 Å². The summed E-state index contributed by atoms with van der Waals surface area (Å²) >= 11 is 0. The van der Waals surface area contributed by atoms with Crippen molar-refractivity contribution in [3.05, 3.63) is 30.1 Å². The first-order chi connectivity index (χ1) is 13.6. The largest absolute Gasteiger partial charge is 0.490 e. The van der Waals surface area contributed by atoms with Crippen LogP contribution in [0.2, 0.25) is 0 Å². The molecule has 1 atom stereocenters. The Labute approximate surface area is 173 Å². The van der Waals surface area contributed by atoms with Gasteiger partial charge in [0.15, 0.2) is 0 Å². The summed E-state index contributed by atoms with van der Waals surface area (Å²) in [5.41, 5.74) is -1.66. The summed E-state index contributed by atoms with van der Waals surface area (Å²) in [7, 11) is 0. The van der Waals surface area contributed by atoms with Crippen LogP contribution >= 0.6 is 0 Å². The van der Waals surface area contributed by atoms with Crippen molar-refractivity contribution >= 4 is 0 Å². The number of halogens is 1. The molecule has 6 heteroatoms. The molecule has 2 N–H and O–H groups in total. The monoisotopic (exact) mass is 409 g/mol. The number of rotatable bonds is 5. The van der Waals surface area contributed by atoms with Crippen LogP contribution in [0.15, 0.2) is 24.3 Å². The standard InChI is InChI=1S/C23H36FNO4/c1-21(2,3)18-7-9-22(26,10-8-18)14-25-11-12-28-16-23(27,15-25)17-29-20-6-4-5-19(24)13-20/h4-6,13,18,26-27H,7-12,14-17H2,1-3H3/t18?,22?,23-/m0/s1. The van der Waals surface area contributed by atoms with Gasteiger partial charge in [0.2, 0.25) is 0 Å². The third kappa shape index (κ3) is 6.38. The molecule has 0 aromatic heterocycles. The maximum Gasteiger partial charge on any atom is 0.134 e. The van der Waals surface area contributed by atoms with Gasteiger partial charge < -0.3 is 19.7 Å². The van der Waals surface area contributed by atoms with E-state index in [-0.39, 0.29) is 24.4 Å². The topological polar surface area (TPSA) is 62.2 Å². The average molecular weight is 410 g/mol. The van der Waals surface area contributed by atoms with E-state index in [1.807, 2.05) is 0 Å². The maximum absolute atomic E-state index is 13.4. The van der Waals surface area contributed by atoms with Gasteiger partial charge in [0, 0.05) is 25.7 Å². The zero-order valence-electron chi connectivity index (χ0n) is 18.0. The van der Waals surface area contributed by atoms with E-state index in [1.54, 1.807) is 12.1 Å². The van der Waals surface area contributed by atoms with Crippen LogP contribution in [-0.2, 0) is 4.74 Å². The van der Waals surface area contributed by atoms with Gasteiger partial charge in [-0.3, -0.25) is 4.90 Å². The van der Waals surface area contributed by atoms with Gasteiger partial charge in [-0.2, -0.15) is 0 Å². The molecule has 0 spiro atoms. The number of hydrogen-bond acceptors (Lipinski definition) is 5. The lowest BCUT2D eigenvalue weighted by atomic mass is 9.68. The molecule has 164 valence electrons. The van der Waals surface area contributed by atoms with E-state index < -0.39 is 11.2 Å². The third-order valence-corrected chi connectivity index (χ3v) is 6.40. The number of ether oxygens (including phenoxy) is 2. The fraction of sp³-hybridized carbons (Fsp3) is 0.739. The lowest BCUT2D eigenvalue weighted by Crippen LogP contribution is -2.53. The van der Waals surface area contributed by atoms with E-state index in [0.717, 1.165) is 25.7 Å². The Kier molecular flexibility index (Phi) is 6.88. The van der Waals surface area contributed by atoms with Crippen molar-refractivity contribution in [2.75, 3.05) is 39.5 Å². The van der Waals surface area contributed by atoms with Gasteiger partial charge in [0.1, 0.15) is 23.8 Å². The molecule has 1 heterocycles. The summed E-state index contributed by atoms with van der Waals surface area (Å²) in [4.78, 5) is 2.08. The lowest BCUT2D eigenvalue weighted by Gasteiger charge is -2.43. The fourth-order valence-corrected chi connectivity index (χ4v) is 4.59. The third-order valence-electron chi connectivity index (χ3n) is 6.40. The average Bonchev–Trinajstić information content (AvgIpc) is 2.81. The van der Waals surface area contributed by atoms with Crippen LogP contribution < -0.4 is 4.74 Å². The molecule has 0 bridgehead atoms. The number of β-amino-alcohol motifs (C(OH)–C–C–N with tert-alkyl or cyclic N) is 2. The number of nitrogens with zero attached hydrogens (tertiary/aromatic N) is 1. The van der Waals surface area contributed by atoms with Crippen molar-refractivity contribution in [2.24, 2.45) is 11.3 Å². The minimum absolute atomic E-state index is 0.0114. The van der Waals surface area contributed by atoms with Crippen molar-refractivity contribution in [3.8, 4) is 5.75 Å². The van der Waals surface area contributed by atoms with Crippen molar-refractivity contribution < 1.29 is 24.1 Å². The molecule has 1 saturated heterocycles. The minimum Gasteiger partial charge on any atom is -0.490 e. The molecular weight excluding hydrogens is 373 g/mol. The van der Waals surface area contributed by atoms with Crippen LogP contribution in [0.5, 0.6) is 5.75 Å². The van der Waals surface area contributed by atoms with E-state index in [2.05, 4.69) is 25.7 Å². The van der Waals surface area contributed by atoms with Gasteiger partial charge in [0.25, 0.3) is 0 Å². The molecule has 3 rings (SSSR count). The Bertz CT molecular complexity index is 669. The first-order valence-corrected chi connectivity index (χ1v) is 10.7. The highest BCUT2D eigenvalue weighted by Gasteiger charge is 2.41. The highest BCUT2D eigenvalue weighted by molar-refractivity contribution is 5.22. The second-order valence-electron chi connectivity index (χ2n) is 10.1. The Hall–Kier alpha value is -1.21. The number of hydrogen-bond donors (Lipinski definition) is 2. The van der Waals surface area contributed by atoms with Crippen LogP contribution in [0.1, 0.15) is 46.5 Å². The van der Waals surface area contributed by atoms with Crippen LogP contribution in [-0.4, -0.2) is 65.8 Å². The molecular formula is C23H36FNO4. The Morgan fingerprint density at radius 1 is 1.21 bits per heavy atom. The quantitative estimate of drug-likeness (QED) is 0.782. The number of aliphatic hydroxyl groups is 2. The molecule has 0 amide bonds. The van der Waals surface area contributed by atoms with Crippen molar-refractivity contribution in [1.29, 1.82) is 0 Å². The van der Waals surface area contributed by atoms with Gasteiger partial charge in [-0.1, -0.05) is 26.8 Å². The summed E-state index contributed by atoms with van der Waals surface area (Å²) in [6.45, 7) is 9.02. The summed E-state index contributed by atoms with van der Waals surface area (Å²) in [6, 6.07) is 5.90. The zero-order valence-corrected chi connectivity index (χ0v) is 18.0. The van der Waals surface area contributed by atoms with Crippen molar-refractivity contribution in [1.82, 2.24) is 4.90 Å². The normalized spacial score (nSPS) is 32.0. The highest BCUT2D eigenvalue weighted by atomic mass is 19.1. The lowest BCUT2D eigenvalue weighted by molar-refractivity contribution is -0.0808. The predicted molar refractivity (Wildman–Crippen MR) is 110 cm³/mol. The highest BCUT2D eigenvalue weighted by Crippen LogP contribution is 2.41. The summed E-state index contributed by atoms with van der Waals surface area (Å²) in [6.07, 6.45) is 3.61. The molecule has 1 aliphatic heterocycles. The Morgan fingerprint density at radius 2 is 1.93 bits per heavy atom. The van der Waals surface area contributed by atoms with Crippen molar-refractivity contribution in [2.45, 2.75) is 57.7 Å². The molecule has 0 unspecified atom stereocenters. The fourth-order valence-electron chi connectivity index (χ4n) is 4.59. The molecule has 1 aromatic rings. The second kappa shape index (κ2) is 8.88.